The van der Waals surface area contributed by atoms with Crippen LogP contribution in [0.5, 0.6) is 0 Å². The van der Waals surface area contributed by atoms with Crippen LogP contribution in [0.3, 0.4) is 0 Å². The quantitative estimate of drug-likeness (QED) is 0.854. The highest BCUT2D eigenvalue weighted by Crippen LogP contribution is 2.37. The second-order valence-corrected chi connectivity index (χ2v) is 7.04. The number of carbonyl (C=O) groups is 2. The Morgan fingerprint density at radius 3 is 2.46 bits per heavy atom. The lowest BCUT2D eigenvalue weighted by Crippen LogP contribution is -2.36. The lowest BCUT2D eigenvalue weighted by molar-refractivity contribution is -0.126. The van der Waals surface area contributed by atoms with Crippen LogP contribution in [0.2, 0.25) is 0 Å². The van der Waals surface area contributed by atoms with Gasteiger partial charge >= 0.3 is 0 Å². The third-order valence-corrected chi connectivity index (χ3v) is 4.83. The van der Waals surface area contributed by atoms with Gasteiger partial charge in [-0.1, -0.05) is 55.3 Å². The Labute approximate surface area is 155 Å². The van der Waals surface area contributed by atoms with Gasteiger partial charge in [-0.2, -0.15) is 0 Å². The normalized spacial score (nSPS) is 15.9. The molecule has 0 bridgehead atoms. The largest absolute Gasteiger partial charge is 0.341 e. The van der Waals surface area contributed by atoms with E-state index in [1.807, 2.05) is 25.1 Å². The Balaban J connectivity index is 1.93. The Hall–Kier alpha value is -2.62. The highest BCUT2D eigenvalue weighted by molar-refractivity contribution is 6.06. The molecule has 2 aromatic carbocycles. The number of fused-ring (bicyclic) bond motifs is 1. The molecule has 0 aromatic heterocycles. The van der Waals surface area contributed by atoms with Crippen LogP contribution in [0.1, 0.15) is 55.0 Å². The number of aryl methyl sites for hydroxylation is 2. The summed E-state index contributed by atoms with van der Waals surface area (Å²) in [6.07, 6.45) is 3.23. The predicted molar refractivity (Wildman–Crippen MR) is 104 cm³/mol. The molecule has 4 heteroatoms. The zero-order valence-corrected chi connectivity index (χ0v) is 15.7. The number of rotatable bonds is 6. The maximum atomic E-state index is 13.0. The van der Waals surface area contributed by atoms with E-state index >= 15 is 0 Å². The molecule has 2 amide bonds. The van der Waals surface area contributed by atoms with Gasteiger partial charge in [-0.3, -0.25) is 9.59 Å². The first kappa shape index (κ1) is 18.2. The Morgan fingerprint density at radius 1 is 1.12 bits per heavy atom. The lowest BCUT2D eigenvalue weighted by Gasteiger charge is -2.18. The van der Waals surface area contributed by atoms with E-state index in [0.29, 0.717) is 6.54 Å². The summed E-state index contributed by atoms with van der Waals surface area (Å²) < 4.78 is 0. The molecule has 0 aliphatic carbocycles. The minimum atomic E-state index is -0.588. The van der Waals surface area contributed by atoms with Crippen molar-refractivity contribution in [3.05, 3.63) is 64.7 Å². The van der Waals surface area contributed by atoms with E-state index in [2.05, 4.69) is 36.5 Å². The number of nitrogens with zero attached hydrogens (tertiary/aromatic N) is 1. The second-order valence-electron chi connectivity index (χ2n) is 7.04. The fraction of sp³-hybridized carbons (Fsp3) is 0.364. The number of nitrogens with one attached hydrogen (secondary N) is 1. The molecule has 0 unspecified atom stereocenters. The van der Waals surface area contributed by atoms with Crippen LogP contribution in [0.25, 0.3) is 0 Å². The number of hydrogen-bond donors (Lipinski definition) is 1. The van der Waals surface area contributed by atoms with Gasteiger partial charge in [0.15, 0.2) is 0 Å². The average molecular weight is 350 g/mol. The third kappa shape index (κ3) is 3.79. The van der Waals surface area contributed by atoms with Crippen LogP contribution in [0.15, 0.2) is 42.5 Å². The summed E-state index contributed by atoms with van der Waals surface area (Å²) in [5.74, 6) is -0.256. The standard InChI is InChI=1S/C22H26N2O2/c1-4-5-6-17-11-12-20-19(13-17)21(23-16(3)25)22(26)24(20)14-18-9-7-15(2)8-10-18/h7-13,21H,4-6,14H2,1-3H3,(H,23,25)/t21-/m0/s1. The Bertz CT molecular complexity index is 811. The summed E-state index contributed by atoms with van der Waals surface area (Å²) >= 11 is 0. The topological polar surface area (TPSA) is 49.4 Å². The molecule has 0 radical (unpaired) electrons. The van der Waals surface area contributed by atoms with Crippen molar-refractivity contribution >= 4 is 17.5 Å². The molecule has 1 heterocycles. The van der Waals surface area contributed by atoms with Crippen molar-refractivity contribution in [2.75, 3.05) is 4.90 Å². The van der Waals surface area contributed by atoms with Crippen LogP contribution in [0, 0.1) is 6.92 Å². The summed E-state index contributed by atoms with van der Waals surface area (Å²) in [6, 6.07) is 13.8. The molecule has 0 fully saturated rings. The lowest BCUT2D eigenvalue weighted by atomic mass is 10.0. The smallest absolute Gasteiger partial charge is 0.254 e. The molecule has 2 aromatic rings. The SMILES string of the molecule is CCCCc1ccc2c(c1)[C@H](NC(C)=O)C(=O)N2Cc1ccc(C)cc1. The van der Waals surface area contributed by atoms with Gasteiger partial charge in [0.05, 0.1) is 6.54 Å². The molecule has 1 atom stereocenters. The highest BCUT2D eigenvalue weighted by Gasteiger charge is 2.37. The average Bonchev–Trinajstić information content (AvgIpc) is 2.86. The van der Waals surface area contributed by atoms with E-state index in [9.17, 15) is 9.59 Å². The van der Waals surface area contributed by atoms with E-state index in [4.69, 9.17) is 0 Å². The molecule has 136 valence electrons. The van der Waals surface area contributed by atoms with Gasteiger partial charge in [-0.05, 0) is 37.0 Å². The Morgan fingerprint density at radius 2 is 1.81 bits per heavy atom. The molecule has 3 rings (SSSR count). The van der Waals surface area contributed by atoms with Crippen molar-refractivity contribution in [3.8, 4) is 0 Å². The molecule has 1 aliphatic rings. The fourth-order valence-electron chi connectivity index (χ4n) is 3.41. The van der Waals surface area contributed by atoms with Crippen LogP contribution in [-0.4, -0.2) is 11.8 Å². The number of unbranched alkanes of at least 4 members (excludes halogenated alkanes) is 1. The van der Waals surface area contributed by atoms with Gasteiger partial charge in [-0.25, -0.2) is 0 Å². The summed E-state index contributed by atoms with van der Waals surface area (Å²) in [6.45, 7) is 6.18. The monoisotopic (exact) mass is 350 g/mol. The zero-order valence-electron chi connectivity index (χ0n) is 15.7. The minimum absolute atomic E-state index is 0.0663. The summed E-state index contributed by atoms with van der Waals surface area (Å²) in [4.78, 5) is 26.4. The first-order valence-electron chi connectivity index (χ1n) is 9.26. The van der Waals surface area contributed by atoms with E-state index in [0.717, 1.165) is 36.1 Å². The number of benzene rings is 2. The minimum Gasteiger partial charge on any atom is -0.341 e. The molecule has 4 nitrogen and oxygen atoms in total. The van der Waals surface area contributed by atoms with E-state index in [1.165, 1.54) is 18.1 Å². The molecule has 1 N–H and O–H groups in total. The van der Waals surface area contributed by atoms with Crippen molar-refractivity contribution in [1.82, 2.24) is 5.32 Å². The highest BCUT2D eigenvalue weighted by atomic mass is 16.2. The van der Waals surface area contributed by atoms with Crippen LogP contribution in [0.4, 0.5) is 5.69 Å². The van der Waals surface area contributed by atoms with Crippen molar-refractivity contribution < 1.29 is 9.59 Å². The maximum Gasteiger partial charge on any atom is 0.254 e. The van der Waals surface area contributed by atoms with Gasteiger partial charge in [0.25, 0.3) is 5.91 Å². The van der Waals surface area contributed by atoms with E-state index < -0.39 is 6.04 Å². The predicted octanol–water partition coefficient (Wildman–Crippen LogP) is 4.06. The first-order valence-corrected chi connectivity index (χ1v) is 9.26. The van der Waals surface area contributed by atoms with Crippen molar-refractivity contribution in [2.45, 2.75) is 52.6 Å². The molecule has 1 aliphatic heterocycles. The van der Waals surface area contributed by atoms with Gasteiger partial charge in [0.2, 0.25) is 5.91 Å². The molecule has 0 saturated carbocycles. The van der Waals surface area contributed by atoms with E-state index in [-0.39, 0.29) is 11.8 Å². The van der Waals surface area contributed by atoms with Crippen molar-refractivity contribution in [3.63, 3.8) is 0 Å². The number of anilines is 1. The van der Waals surface area contributed by atoms with Crippen molar-refractivity contribution in [1.29, 1.82) is 0 Å². The Kier molecular flexibility index (Phi) is 5.40. The molecule has 0 saturated heterocycles. The molecular formula is C22H26N2O2. The van der Waals surface area contributed by atoms with E-state index in [1.54, 1.807) is 4.90 Å². The zero-order chi connectivity index (χ0) is 18.7. The summed E-state index contributed by atoms with van der Waals surface area (Å²) in [5, 5.41) is 2.83. The van der Waals surface area contributed by atoms with Gasteiger partial charge in [0, 0.05) is 18.2 Å². The number of hydrogen-bond acceptors (Lipinski definition) is 2. The van der Waals surface area contributed by atoms with Gasteiger partial charge < -0.3 is 10.2 Å². The molecule has 26 heavy (non-hydrogen) atoms. The molecule has 0 spiro atoms. The van der Waals surface area contributed by atoms with Crippen LogP contribution in [-0.2, 0) is 22.6 Å². The number of carbonyl (C=O) groups excluding carboxylic acids is 2. The second kappa shape index (κ2) is 7.73. The van der Waals surface area contributed by atoms with Crippen molar-refractivity contribution in [2.24, 2.45) is 0 Å². The maximum absolute atomic E-state index is 13.0. The summed E-state index contributed by atoms with van der Waals surface area (Å²) in [5.41, 5.74) is 5.29. The first-order chi connectivity index (χ1) is 12.5. The van der Waals surface area contributed by atoms with Gasteiger partial charge in [0.1, 0.15) is 6.04 Å². The third-order valence-electron chi connectivity index (χ3n) is 4.83. The number of amides is 2. The fourth-order valence-corrected chi connectivity index (χ4v) is 3.41. The van der Waals surface area contributed by atoms with Crippen LogP contribution >= 0.6 is 0 Å². The van der Waals surface area contributed by atoms with Crippen LogP contribution < -0.4 is 10.2 Å². The summed E-state index contributed by atoms with van der Waals surface area (Å²) in [7, 11) is 0. The molecular weight excluding hydrogens is 324 g/mol. The van der Waals surface area contributed by atoms with Gasteiger partial charge in [-0.15, -0.1) is 0 Å².